The number of aromatic nitrogens is 1. The standard InChI is InChI=1S/C26H29ClN2O5S2/c1-5-11-28(36(32,33)24-17(2)21-16-19(27)6-9-23(21)35-24)13-14-34-20-7-8-22-18(15-20)10-12-29(22)26(3,4)25(30)31/h6-10,12,15-16H,5,11,13-14H2,1-4H3,(H,30,31). The quantitative estimate of drug-likeness (QED) is 0.258. The summed E-state index contributed by atoms with van der Waals surface area (Å²) in [5.41, 5.74) is 0.402. The molecular weight excluding hydrogens is 520 g/mol. The van der Waals surface area contributed by atoms with E-state index in [0.29, 0.717) is 33.5 Å². The van der Waals surface area contributed by atoms with Crippen LogP contribution in [0.25, 0.3) is 21.0 Å². The van der Waals surface area contributed by atoms with Crippen molar-refractivity contribution in [2.45, 2.75) is 43.9 Å². The van der Waals surface area contributed by atoms with Crippen LogP contribution in [0.3, 0.4) is 0 Å². The first-order valence-electron chi connectivity index (χ1n) is 11.6. The van der Waals surface area contributed by atoms with Gasteiger partial charge in [0.05, 0.1) is 0 Å². The van der Waals surface area contributed by atoms with Crippen LogP contribution in [-0.4, -0.2) is 48.1 Å². The molecule has 0 bridgehead atoms. The molecule has 0 aliphatic rings. The van der Waals surface area contributed by atoms with Gasteiger partial charge in [-0.15, -0.1) is 11.3 Å². The summed E-state index contributed by atoms with van der Waals surface area (Å²) in [7, 11) is -3.71. The molecular formula is C26H29ClN2O5S2. The van der Waals surface area contributed by atoms with Gasteiger partial charge in [0.1, 0.15) is 22.1 Å². The molecule has 2 heterocycles. The number of nitrogens with zero attached hydrogens (tertiary/aromatic N) is 2. The van der Waals surface area contributed by atoms with E-state index in [1.807, 2.05) is 38.1 Å². The smallest absolute Gasteiger partial charge is 0.329 e. The van der Waals surface area contributed by atoms with Crippen LogP contribution in [0.15, 0.2) is 52.9 Å². The Balaban J connectivity index is 1.52. The van der Waals surface area contributed by atoms with Gasteiger partial charge in [0.2, 0.25) is 0 Å². The summed E-state index contributed by atoms with van der Waals surface area (Å²) in [6.07, 6.45) is 2.42. The van der Waals surface area contributed by atoms with E-state index in [2.05, 4.69) is 0 Å². The summed E-state index contributed by atoms with van der Waals surface area (Å²) in [5.74, 6) is -0.329. The number of benzene rings is 2. The highest BCUT2D eigenvalue weighted by atomic mass is 35.5. The van der Waals surface area contributed by atoms with Crippen molar-refractivity contribution in [3.63, 3.8) is 0 Å². The Labute approximate surface area is 219 Å². The minimum atomic E-state index is -3.71. The largest absolute Gasteiger partial charge is 0.492 e. The summed E-state index contributed by atoms with van der Waals surface area (Å²) in [4.78, 5) is 11.7. The number of aliphatic carboxylic acids is 1. The molecule has 0 radical (unpaired) electrons. The zero-order chi connectivity index (χ0) is 26.3. The number of hydrogen-bond donors (Lipinski definition) is 1. The number of carbonyl (C=O) groups is 1. The van der Waals surface area contributed by atoms with Crippen molar-refractivity contribution in [1.82, 2.24) is 8.87 Å². The maximum Gasteiger partial charge on any atom is 0.329 e. The molecule has 0 atom stereocenters. The van der Waals surface area contributed by atoms with Crippen LogP contribution in [0, 0.1) is 6.92 Å². The minimum Gasteiger partial charge on any atom is -0.492 e. The monoisotopic (exact) mass is 548 g/mol. The summed E-state index contributed by atoms with van der Waals surface area (Å²) in [5, 5.41) is 11.8. The predicted octanol–water partition coefficient (Wildman–Crippen LogP) is 6.12. The topological polar surface area (TPSA) is 88.8 Å². The fourth-order valence-electron chi connectivity index (χ4n) is 4.20. The fraction of sp³-hybridized carbons (Fsp3) is 0.346. The van der Waals surface area contributed by atoms with E-state index >= 15 is 0 Å². The van der Waals surface area contributed by atoms with E-state index in [0.717, 1.165) is 21.0 Å². The Bertz CT molecular complexity index is 1540. The van der Waals surface area contributed by atoms with E-state index in [1.165, 1.54) is 15.6 Å². The first-order chi connectivity index (χ1) is 17.0. The number of rotatable bonds is 10. The van der Waals surface area contributed by atoms with E-state index in [1.54, 1.807) is 42.8 Å². The van der Waals surface area contributed by atoms with Crippen LogP contribution in [0.4, 0.5) is 0 Å². The zero-order valence-electron chi connectivity index (χ0n) is 20.6. The van der Waals surface area contributed by atoms with Gasteiger partial charge in [-0.2, -0.15) is 4.31 Å². The van der Waals surface area contributed by atoms with E-state index < -0.39 is 21.5 Å². The Morgan fingerprint density at radius 1 is 1.17 bits per heavy atom. The lowest BCUT2D eigenvalue weighted by Crippen LogP contribution is -2.35. The molecule has 10 heteroatoms. The van der Waals surface area contributed by atoms with Gasteiger partial charge < -0.3 is 14.4 Å². The van der Waals surface area contributed by atoms with Crippen LogP contribution in [0.1, 0.15) is 32.8 Å². The molecule has 0 saturated heterocycles. The van der Waals surface area contributed by atoms with Crippen LogP contribution in [0.5, 0.6) is 5.75 Å². The molecule has 7 nitrogen and oxygen atoms in total. The van der Waals surface area contributed by atoms with Crippen molar-refractivity contribution < 1.29 is 23.1 Å². The van der Waals surface area contributed by atoms with Gasteiger partial charge in [-0.3, -0.25) is 0 Å². The fourth-order valence-corrected chi connectivity index (χ4v) is 7.77. The molecule has 2 aromatic heterocycles. The van der Waals surface area contributed by atoms with Crippen LogP contribution < -0.4 is 4.74 Å². The molecule has 4 rings (SSSR count). The highest BCUT2D eigenvalue weighted by molar-refractivity contribution is 7.91. The molecule has 36 heavy (non-hydrogen) atoms. The lowest BCUT2D eigenvalue weighted by molar-refractivity contribution is -0.145. The Morgan fingerprint density at radius 2 is 1.92 bits per heavy atom. The zero-order valence-corrected chi connectivity index (χ0v) is 23.0. The average Bonchev–Trinajstić information content (AvgIpc) is 3.40. The van der Waals surface area contributed by atoms with Gasteiger partial charge in [-0.1, -0.05) is 18.5 Å². The summed E-state index contributed by atoms with van der Waals surface area (Å²) in [6.45, 7) is 7.82. The highest BCUT2D eigenvalue weighted by Crippen LogP contribution is 2.37. The molecule has 0 aliphatic carbocycles. The molecule has 2 aromatic carbocycles. The average molecular weight is 549 g/mol. The first kappa shape index (κ1) is 26.5. The number of aryl methyl sites for hydroxylation is 1. The third-order valence-corrected chi connectivity index (χ3v) is 10.3. The SMILES string of the molecule is CCCN(CCOc1ccc2c(ccn2C(C)(C)C(=O)O)c1)S(=O)(=O)c1sc2ccc(Cl)cc2c1C. The first-order valence-corrected chi connectivity index (χ1v) is 14.3. The molecule has 1 N–H and O–H groups in total. The number of sulfonamides is 1. The molecule has 0 saturated carbocycles. The lowest BCUT2D eigenvalue weighted by Gasteiger charge is -2.23. The van der Waals surface area contributed by atoms with Gasteiger partial charge in [0, 0.05) is 39.9 Å². The molecule has 0 amide bonds. The number of fused-ring (bicyclic) bond motifs is 2. The van der Waals surface area contributed by atoms with Crippen molar-refractivity contribution in [2.24, 2.45) is 0 Å². The van der Waals surface area contributed by atoms with Crippen molar-refractivity contribution in [2.75, 3.05) is 19.7 Å². The van der Waals surface area contributed by atoms with Crippen LogP contribution >= 0.6 is 22.9 Å². The molecule has 192 valence electrons. The Morgan fingerprint density at radius 3 is 2.61 bits per heavy atom. The van der Waals surface area contributed by atoms with Gasteiger partial charge in [-0.25, -0.2) is 13.2 Å². The second-order valence-corrected chi connectivity index (χ2v) is 12.8. The highest BCUT2D eigenvalue weighted by Gasteiger charge is 2.30. The molecule has 0 spiro atoms. The second-order valence-electron chi connectivity index (χ2n) is 9.18. The van der Waals surface area contributed by atoms with E-state index in [4.69, 9.17) is 16.3 Å². The number of carboxylic acid groups (broad SMARTS) is 1. The molecule has 0 fully saturated rings. The molecule has 4 aromatic rings. The van der Waals surface area contributed by atoms with Gasteiger partial charge in [-0.05, 0) is 80.6 Å². The number of thiophene rings is 1. The van der Waals surface area contributed by atoms with Crippen molar-refractivity contribution in [3.05, 3.63) is 59.2 Å². The second kappa shape index (κ2) is 10.0. The van der Waals surface area contributed by atoms with Gasteiger partial charge >= 0.3 is 5.97 Å². The van der Waals surface area contributed by atoms with Crippen LogP contribution in [0.2, 0.25) is 5.02 Å². The maximum atomic E-state index is 13.6. The van der Waals surface area contributed by atoms with Crippen molar-refractivity contribution >= 4 is 59.9 Å². The Kier molecular flexibility index (Phi) is 7.39. The summed E-state index contributed by atoms with van der Waals surface area (Å²) in [6, 6.07) is 12.7. The van der Waals surface area contributed by atoms with Crippen LogP contribution in [-0.2, 0) is 20.4 Å². The minimum absolute atomic E-state index is 0.182. The molecule has 0 unspecified atom stereocenters. The number of halogens is 1. The third kappa shape index (κ3) is 4.85. The number of ether oxygens (including phenoxy) is 1. The predicted molar refractivity (Wildman–Crippen MR) is 145 cm³/mol. The third-order valence-electron chi connectivity index (χ3n) is 6.30. The van der Waals surface area contributed by atoms with Gasteiger partial charge in [0.15, 0.2) is 0 Å². The Hall–Kier alpha value is -2.59. The lowest BCUT2D eigenvalue weighted by atomic mass is 10.1. The molecule has 0 aliphatic heterocycles. The summed E-state index contributed by atoms with van der Waals surface area (Å²) >= 11 is 7.39. The van der Waals surface area contributed by atoms with E-state index in [-0.39, 0.29) is 13.2 Å². The van der Waals surface area contributed by atoms with Crippen molar-refractivity contribution in [3.8, 4) is 5.75 Å². The number of hydrogen-bond acceptors (Lipinski definition) is 5. The number of carboxylic acids is 1. The summed E-state index contributed by atoms with van der Waals surface area (Å²) < 4.78 is 37.4. The normalized spacial score (nSPS) is 12.6. The van der Waals surface area contributed by atoms with Crippen molar-refractivity contribution in [1.29, 1.82) is 0 Å². The van der Waals surface area contributed by atoms with E-state index in [9.17, 15) is 18.3 Å². The van der Waals surface area contributed by atoms with Gasteiger partial charge in [0.25, 0.3) is 10.0 Å². The maximum absolute atomic E-state index is 13.6.